The summed E-state index contributed by atoms with van der Waals surface area (Å²) in [5.41, 5.74) is 3.70. The molecule has 0 bridgehead atoms. The maximum Gasteiger partial charge on any atom is 0.251 e. The van der Waals surface area contributed by atoms with Gasteiger partial charge in [-0.3, -0.25) is 9.59 Å². The van der Waals surface area contributed by atoms with Crippen LogP contribution in [-0.2, 0) is 17.6 Å². The van der Waals surface area contributed by atoms with Crippen LogP contribution in [-0.4, -0.2) is 10.9 Å². The van der Waals surface area contributed by atoms with Gasteiger partial charge in [-0.2, -0.15) is 0 Å². The number of hydrogen-bond donors (Lipinski definition) is 2. The van der Waals surface area contributed by atoms with E-state index in [0.29, 0.717) is 0 Å². The third-order valence-electron chi connectivity index (χ3n) is 4.99. The first-order valence-corrected chi connectivity index (χ1v) is 8.36. The number of carbonyl (C=O) groups excluding carboxylic acids is 1. The van der Waals surface area contributed by atoms with E-state index in [-0.39, 0.29) is 17.4 Å². The van der Waals surface area contributed by atoms with Gasteiger partial charge in [0.1, 0.15) is 0 Å². The summed E-state index contributed by atoms with van der Waals surface area (Å²) in [5, 5.41) is 4.10. The van der Waals surface area contributed by atoms with E-state index in [1.807, 2.05) is 18.2 Å². The lowest BCUT2D eigenvalue weighted by molar-refractivity contribution is -0.120. The quantitative estimate of drug-likeness (QED) is 0.836. The van der Waals surface area contributed by atoms with Crippen molar-refractivity contribution in [1.82, 2.24) is 4.98 Å². The zero-order chi connectivity index (χ0) is 15.8. The van der Waals surface area contributed by atoms with Crippen molar-refractivity contribution < 1.29 is 4.79 Å². The van der Waals surface area contributed by atoms with Gasteiger partial charge in [-0.1, -0.05) is 18.2 Å². The number of aryl methyl sites for hydroxylation is 1. The molecule has 1 unspecified atom stereocenters. The zero-order valence-electron chi connectivity index (χ0n) is 13.0. The Morgan fingerprint density at radius 1 is 1.17 bits per heavy atom. The lowest BCUT2D eigenvalue weighted by atomic mass is 9.93. The van der Waals surface area contributed by atoms with Gasteiger partial charge in [0.25, 0.3) is 5.56 Å². The van der Waals surface area contributed by atoms with Gasteiger partial charge >= 0.3 is 0 Å². The van der Waals surface area contributed by atoms with Crippen molar-refractivity contribution in [3.05, 3.63) is 51.8 Å². The summed E-state index contributed by atoms with van der Waals surface area (Å²) in [4.78, 5) is 27.5. The zero-order valence-corrected chi connectivity index (χ0v) is 13.0. The molecule has 4 heteroatoms. The lowest BCUT2D eigenvalue weighted by Gasteiger charge is -2.17. The van der Waals surface area contributed by atoms with Crippen LogP contribution in [0, 0.1) is 5.92 Å². The van der Waals surface area contributed by atoms with E-state index in [1.165, 1.54) is 5.56 Å². The fourth-order valence-corrected chi connectivity index (χ4v) is 3.75. The van der Waals surface area contributed by atoms with Crippen molar-refractivity contribution in [2.75, 3.05) is 5.32 Å². The van der Waals surface area contributed by atoms with Crippen LogP contribution in [0.3, 0.4) is 0 Å². The van der Waals surface area contributed by atoms with Crippen LogP contribution in [0.1, 0.15) is 36.8 Å². The maximum atomic E-state index is 12.3. The van der Waals surface area contributed by atoms with Crippen molar-refractivity contribution in [2.45, 2.75) is 38.5 Å². The summed E-state index contributed by atoms with van der Waals surface area (Å²) < 4.78 is 0. The van der Waals surface area contributed by atoms with E-state index in [0.717, 1.165) is 60.7 Å². The van der Waals surface area contributed by atoms with Gasteiger partial charge in [0.2, 0.25) is 5.91 Å². The summed E-state index contributed by atoms with van der Waals surface area (Å²) in [6.07, 6.45) is 9.77. The summed E-state index contributed by atoms with van der Waals surface area (Å²) in [7, 11) is 0. The molecular weight excluding hydrogens is 288 g/mol. The second-order valence-electron chi connectivity index (χ2n) is 6.50. The number of amides is 1. The number of fused-ring (bicyclic) bond motifs is 3. The Morgan fingerprint density at radius 3 is 2.87 bits per heavy atom. The van der Waals surface area contributed by atoms with Crippen LogP contribution in [0.15, 0.2) is 35.1 Å². The summed E-state index contributed by atoms with van der Waals surface area (Å²) in [6, 6.07) is 5.84. The molecule has 118 valence electrons. The second kappa shape index (κ2) is 5.69. The molecule has 0 radical (unpaired) electrons. The average molecular weight is 308 g/mol. The van der Waals surface area contributed by atoms with Crippen molar-refractivity contribution in [2.24, 2.45) is 5.92 Å². The molecule has 1 aromatic carbocycles. The molecule has 0 aliphatic heterocycles. The Hall–Kier alpha value is -2.36. The smallest absolute Gasteiger partial charge is 0.251 e. The summed E-state index contributed by atoms with van der Waals surface area (Å²) in [5.74, 6) is 0.118. The van der Waals surface area contributed by atoms with Crippen LogP contribution < -0.4 is 10.9 Å². The number of aromatic nitrogens is 1. The van der Waals surface area contributed by atoms with Crippen LogP contribution in [0.25, 0.3) is 10.9 Å². The molecule has 4 nitrogen and oxygen atoms in total. The van der Waals surface area contributed by atoms with Gasteiger partial charge in [0, 0.05) is 22.6 Å². The number of hydrogen-bond acceptors (Lipinski definition) is 2. The van der Waals surface area contributed by atoms with Crippen molar-refractivity contribution in [1.29, 1.82) is 0 Å². The van der Waals surface area contributed by atoms with E-state index in [4.69, 9.17) is 0 Å². The molecule has 0 saturated carbocycles. The molecule has 2 aliphatic rings. The predicted octanol–water partition coefficient (Wildman–Crippen LogP) is 3.31. The molecule has 2 aromatic rings. The highest BCUT2D eigenvalue weighted by Crippen LogP contribution is 2.28. The van der Waals surface area contributed by atoms with Crippen LogP contribution >= 0.6 is 0 Å². The molecule has 1 atom stereocenters. The van der Waals surface area contributed by atoms with E-state index in [1.54, 1.807) is 0 Å². The molecule has 2 aliphatic carbocycles. The first kappa shape index (κ1) is 14.2. The minimum atomic E-state index is 0.0193. The molecule has 1 heterocycles. The molecule has 0 fully saturated rings. The standard InChI is InChI=1S/C19H20N2O2/c22-18(12-5-2-1-3-6-12)20-13-9-10-15-14-7-4-8-16(14)19(23)21-17(15)11-13/h1-2,9-12H,3-8H2,(H,20,22)(H,21,23). The van der Waals surface area contributed by atoms with Gasteiger partial charge in [-0.15, -0.1) is 0 Å². The highest BCUT2D eigenvalue weighted by atomic mass is 16.2. The summed E-state index contributed by atoms with van der Waals surface area (Å²) in [6.45, 7) is 0. The molecule has 1 aromatic heterocycles. The maximum absolute atomic E-state index is 12.3. The Kier molecular flexibility index (Phi) is 3.52. The lowest BCUT2D eigenvalue weighted by Crippen LogP contribution is -2.23. The van der Waals surface area contributed by atoms with Gasteiger partial charge in [-0.05, 0) is 56.2 Å². The number of pyridine rings is 1. The number of nitrogens with one attached hydrogen (secondary N) is 2. The number of carbonyl (C=O) groups is 1. The topological polar surface area (TPSA) is 62.0 Å². The fourth-order valence-electron chi connectivity index (χ4n) is 3.75. The van der Waals surface area contributed by atoms with Crippen LogP contribution in [0.4, 0.5) is 5.69 Å². The molecule has 0 saturated heterocycles. The van der Waals surface area contributed by atoms with E-state index < -0.39 is 0 Å². The number of rotatable bonds is 2. The largest absolute Gasteiger partial charge is 0.326 e. The first-order chi connectivity index (χ1) is 11.2. The average Bonchev–Trinajstić information content (AvgIpc) is 3.06. The Bertz CT molecular complexity index is 864. The van der Waals surface area contributed by atoms with E-state index >= 15 is 0 Å². The van der Waals surface area contributed by atoms with E-state index in [9.17, 15) is 9.59 Å². The van der Waals surface area contributed by atoms with Crippen LogP contribution in [0.5, 0.6) is 0 Å². The third-order valence-corrected chi connectivity index (χ3v) is 4.99. The first-order valence-electron chi connectivity index (χ1n) is 8.36. The minimum Gasteiger partial charge on any atom is -0.326 e. The number of allylic oxidation sites excluding steroid dienone is 2. The fraction of sp³-hybridized carbons (Fsp3) is 0.368. The highest BCUT2D eigenvalue weighted by molar-refractivity contribution is 5.95. The SMILES string of the molecule is O=C(Nc1ccc2c3c(c(=O)[nH]c2c1)CCC3)C1CC=CCC1. The Morgan fingerprint density at radius 2 is 2.04 bits per heavy atom. The van der Waals surface area contributed by atoms with Crippen LogP contribution in [0.2, 0.25) is 0 Å². The van der Waals surface area contributed by atoms with Crippen molar-refractivity contribution in [3.8, 4) is 0 Å². The van der Waals surface area contributed by atoms with Gasteiger partial charge in [0.05, 0.1) is 5.52 Å². The number of H-pyrrole nitrogens is 1. The number of aromatic amines is 1. The second-order valence-corrected chi connectivity index (χ2v) is 6.50. The number of benzene rings is 1. The van der Waals surface area contributed by atoms with Crippen molar-refractivity contribution in [3.63, 3.8) is 0 Å². The Balaban J connectivity index is 1.64. The number of anilines is 1. The van der Waals surface area contributed by atoms with Gasteiger partial charge in [-0.25, -0.2) is 0 Å². The summed E-state index contributed by atoms with van der Waals surface area (Å²) >= 11 is 0. The Labute approximate surface area is 134 Å². The molecule has 1 amide bonds. The van der Waals surface area contributed by atoms with Gasteiger partial charge in [0.15, 0.2) is 0 Å². The third kappa shape index (κ3) is 2.58. The predicted molar refractivity (Wildman–Crippen MR) is 91.7 cm³/mol. The molecular formula is C19H20N2O2. The van der Waals surface area contributed by atoms with Gasteiger partial charge < -0.3 is 10.3 Å². The minimum absolute atomic E-state index is 0.0193. The normalized spacial score (nSPS) is 19.7. The molecule has 0 spiro atoms. The monoisotopic (exact) mass is 308 g/mol. The molecule has 4 rings (SSSR count). The molecule has 2 N–H and O–H groups in total. The van der Waals surface area contributed by atoms with E-state index in [2.05, 4.69) is 22.5 Å². The van der Waals surface area contributed by atoms with Crippen molar-refractivity contribution >= 4 is 22.5 Å². The molecule has 23 heavy (non-hydrogen) atoms. The highest BCUT2D eigenvalue weighted by Gasteiger charge is 2.20.